The van der Waals surface area contributed by atoms with Crippen LogP contribution in [0.15, 0.2) is 51.9 Å². The lowest BCUT2D eigenvalue weighted by Crippen LogP contribution is -2.28. The summed E-state index contributed by atoms with van der Waals surface area (Å²) in [4.78, 5) is 4.57. The molecule has 1 atom stereocenters. The summed E-state index contributed by atoms with van der Waals surface area (Å²) in [5.41, 5.74) is 1.37. The largest absolute Gasteiger partial charge is 0.464 e. The number of amidine groups is 1. The van der Waals surface area contributed by atoms with Crippen molar-refractivity contribution in [2.24, 2.45) is 4.99 Å². The molecule has 3 rings (SSSR count). The van der Waals surface area contributed by atoms with Crippen LogP contribution in [-0.2, 0) is 13.0 Å². The monoisotopic (exact) mass is 286 g/mol. The molecule has 0 amide bonds. The SMILES string of the molecule is Cc1ccc(CN=C2NC(Cc3ccccc3)CS2)o1. The highest BCUT2D eigenvalue weighted by atomic mass is 32.2. The molecule has 3 nitrogen and oxygen atoms in total. The molecule has 2 aromatic rings. The van der Waals surface area contributed by atoms with Gasteiger partial charge in [-0.05, 0) is 31.0 Å². The summed E-state index contributed by atoms with van der Waals surface area (Å²) in [7, 11) is 0. The lowest BCUT2D eigenvalue weighted by molar-refractivity contribution is 0.486. The van der Waals surface area contributed by atoms with Gasteiger partial charge in [-0.25, -0.2) is 0 Å². The highest BCUT2D eigenvalue weighted by Crippen LogP contribution is 2.18. The zero-order valence-corrected chi connectivity index (χ0v) is 12.3. The van der Waals surface area contributed by atoms with Gasteiger partial charge in [-0.2, -0.15) is 0 Å². The third kappa shape index (κ3) is 3.45. The standard InChI is InChI=1S/C16H18N2OS/c1-12-7-8-15(19-12)10-17-16-18-14(11-20-16)9-13-5-3-2-4-6-13/h2-8,14H,9-11H2,1H3,(H,17,18). The Balaban J connectivity index is 1.54. The first-order chi connectivity index (χ1) is 9.79. The molecule has 1 aromatic heterocycles. The zero-order valence-electron chi connectivity index (χ0n) is 11.5. The predicted octanol–water partition coefficient (Wildman–Crippen LogP) is 3.39. The van der Waals surface area contributed by atoms with Crippen LogP contribution in [0.5, 0.6) is 0 Å². The van der Waals surface area contributed by atoms with E-state index in [0.29, 0.717) is 12.6 Å². The molecule has 0 aliphatic carbocycles. The van der Waals surface area contributed by atoms with Crippen LogP contribution in [0.1, 0.15) is 17.1 Å². The van der Waals surface area contributed by atoms with Gasteiger partial charge >= 0.3 is 0 Å². The van der Waals surface area contributed by atoms with E-state index in [1.54, 1.807) is 11.8 Å². The van der Waals surface area contributed by atoms with Crippen molar-refractivity contribution in [3.8, 4) is 0 Å². The Bertz CT molecular complexity index is 592. The van der Waals surface area contributed by atoms with E-state index in [-0.39, 0.29) is 0 Å². The number of thioether (sulfide) groups is 1. The Morgan fingerprint density at radius 2 is 2.10 bits per heavy atom. The van der Waals surface area contributed by atoms with Gasteiger partial charge in [-0.1, -0.05) is 42.1 Å². The summed E-state index contributed by atoms with van der Waals surface area (Å²) in [6.45, 7) is 2.57. The van der Waals surface area contributed by atoms with Crippen LogP contribution in [0.2, 0.25) is 0 Å². The summed E-state index contributed by atoms with van der Waals surface area (Å²) in [6, 6.07) is 15.0. The first-order valence-electron chi connectivity index (χ1n) is 6.82. The van der Waals surface area contributed by atoms with Gasteiger partial charge in [0.15, 0.2) is 5.17 Å². The zero-order chi connectivity index (χ0) is 13.8. The molecule has 0 bridgehead atoms. The summed E-state index contributed by atoms with van der Waals surface area (Å²) < 4.78 is 5.52. The molecule has 1 saturated heterocycles. The second-order valence-electron chi connectivity index (χ2n) is 4.98. The van der Waals surface area contributed by atoms with Gasteiger partial charge in [0, 0.05) is 11.8 Å². The van der Waals surface area contributed by atoms with E-state index in [1.165, 1.54) is 5.56 Å². The minimum atomic E-state index is 0.472. The van der Waals surface area contributed by atoms with E-state index in [2.05, 4.69) is 40.6 Å². The third-order valence-electron chi connectivity index (χ3n) is 3.25. The fourth-order valence-electron chi connectivity index (χ4n) is 2.26. The minimum absolute atomic E-state index is 0.472. The molecule has 0 saturated carbocycles. The molecule has 104 valence electrons. The molecular formula is C16H18N2OS. The molecule has 1 aliphatic rings. The van der Waals surface area contributed by atoms with Crippen molar-refractivity contribution >= 4 is 16.9 Å². The maximum atomic E-state index is 5.52. The molecule has 1 N–H and O–H groups in total. The van der Waals surface area contributed by atoms with Gasteiger partial charge < -0.3 is 9.73 Å². The topological polar surface area (TPSA) is 37.5 Å². The van der Waals surface area contributed by atoms with Crippen LogP contribution in [0.25, 0.3) is 0 Å². The molecule has 1 aliphatic heterocycles. The van der Waals surface area contributed by atoms with Crippen molar-refractivity contribution in [3.05, 3.63) is 59.5 Å². The molecule has 1 fully saturated rings. The van der Waals surface area contributed by atoms with Gasteiger partial charge in [0.05, 0.1) is 6.54 Å². The number of furan rings is 1. The number of nitrogens with one attached hydrogen (secondary N) is 1. The van der Waals surface area contributed by atoms with E-state index >= 15 is 0 Å². The van der Waals surface area contributed by atoms with Crippen LogP contribution >= 0.6 is 11.8 Å². The van der Waals surface area contributed by atoms with Crippen molar-refractivity contribution < 1.29 is 4.42 Å². The van der Waals surface area contributed by atoms with Gasteiger partial charge in [0.25, 0.3) is 0 Å². The van der Waals surface area contributed by atoms with E-state index in [9.17, 15) is 0 Å². The summed E-state index contributed by atoms with van der Waals surface area (Å²) in [5, 5.41) is 4.52. The maximum absolute atomic E-state index is 5.52. The van der Waals surface area contributed by atoms with Crippen molar-refractivity contribution in [2.75, 3.05) is 5.75 Å². The van der Waals surface area contributed by atoms with Crippen molar-refractivity contribution in [2.45, 2.75) is 25.9 Å². The number of hydrogen-bond acceptors (Lipinski definition) is 3. The summed E-state index contributed by atoms with van der Waals surface area (Å²) >= 11 is 1.79. The first-order valence-corrected chi connectivity index (χ1v) is 7.81. The molecular weight excluding hydrogens is 268 g/mol. The fraction of sp³-hybridized carbons (Fsp3) is 0.312. The van der Waals surface area contributed by atoms with Crippen LogP contribution in [0, 0.1) is 6.92 Å². The molecule has 4 heteroatoms. The smallest absolute Gasteiger partial charge is 0.157 e. The van der Waals surface area contributed by atoms with E-state index in [0.717, 1.165) is 28.9 Å². The van der Waals surface area contributed by atoms with Crippen molar-refractivity contribution in [1.82, 2.24) is 5.32 Å². The number of rotatable bonds is 4. The molecule has 1 aromatic carbocycles. The number of benzene rings is 1. The van der Waals surface area contributed by atoms with Crippen molar-refractivity contribution in [3.63, 3.8) is 0 Å². The quantitative estimate of drug-likeness (QED) is 0.936. The lowest BCUT2D eigenvalue weighted by Gasteiger charge is -2.09. The van der Waals surface area contributed by atoms with Crippen LogP contribution in [0.4, 0.5) is 0 Å². The predicted molar refractivity (Wildman–Crippen MR) is 84.1 cm³/mol. The number of aliphatic imine (C=N–C) groups is 1. The Labute approximate surface area is 123 Å². The fourth-order valence-corrected chi connectivity index (χ4v) is 3.22. The van der Waals surface area contributed by atoms with Gasteiger partial charge in [-0.15, -0.1) is 0 Å². The second kappa shape index (κ2) is 6.18. The number of aryl methyl sites for hydroxylation is 1. The lowest BCUT2D eigenvalue weighted by atomic mass is 10.1. The second-order valence-corrected chi connectivity index (χ2v) is 5.98. The Morgan fingerprint density at radius 3 is 2.85 bits per heavy atom. The van der Waals surface area contributed by atoms with E-state index in [1.807, 2.05) is 19.1 Å². The first kappa shape index (κ1) is 13.3. The van der Waals surface area contributed by atoms with Crippen molar-refractivity contribution in [1.29, 1.82) is 0 Å². The molecule has 20 heavy (non-hydrogen) atoms. The molecule has 0 radical (unpaired) electrons. The molecule has 2 heterocycles. The van der Waals surface area contributed by atoms with Gasteiger partial charge in [-0.3, -0.25) is 4.99 Å². The average Bonchev–Trinajstić information content (AvgIpc) is 3.07. The Hall–Kier alpha value is -1.68. The van der Waals surface area contributed by atoms with Gasteiger partial charge in [0.2, 0.25) is 0 Å². The molecule has 1 unspecified atom stereocenters. The third-order valence-corrected chi connectivity index (χ3v) is 4.34. The normalized spacial score (nSPS) is 20.2. The Morgan fingerprint density at radius 1 is 1.25 bits per heavy atom. The maximum Gasteiger partial charge on any atom is 0.157 e. The Kier molecular flexibility index (Phi) is 4.11. The average molecular weight is 286 g/mol. The molecule has 0 spiro atoms. The van der Waals surface area contributed by atoms with E-state index in [4.69, 9.17) is 4.42 Å². The van der Waals surface area contributed by atoms with Crippen LogP contribution < -0.4 is 5.32 Å². The van der Waals surface area contributed by atoms with Crippen LogP contribution in [0.3, 0.4) is 0 Å². The minimum Gasteiger partial charge on any atom is -0.464 e. The number of hydrogen-bond donors (Lipinski definition) is 1. The summed E-state index contributed by atoms with van der Waals surface area (Å²) in [5.74, 6) is 2.93. The highest BCUT2D eigenvalue weighted by Gasteiger charge is 2.20. The van der Waals surface area contributed by atoms with E-state index < -0.39 is 0 Å². The summed E-state index contributed by atoms with van der Waals surface area (Å²) in [6.07, 6.45) is 1.05. The highest BCUT2D eigenvalue weighted by molar-refractivity contribution is 8.14. The van der Waals surface area contributed by atoms with Gasteiger partial charge in [0.1, 0.15) is 11.5 Å². The number of nitrogens with zero attached hydrogens (tertiary/aromatic N) is 1. The van der Waals surface area contributed by atoms with Crippen LogP contribution in [-0.4, -0.2) is 17.0 Å².